The minimum Gasteiger partial charge on any atom is -0.494 e. The van der Waals surface area contributed by atoms with Crippen LogP contribution in [0.15, 0.2) is 305 Å². The van der Waals surface area contributed by atoms with Gasteiger partial charge in [-0.2, -0.15) is 20.4 Å². The van der Waals surface area contributed by atoms with Crippen molar-refractivity contribution in [2.24, 2.45) is 20.4 Å². The van der Waals surface area contributed by atoms with Crippen molar-refractivity contribution in [3.8, 4) is 23.7 Å². The van der Waals surface area contributed by atoms with Crippen molar-refractivity contribution in [1.29, 1.82) is 0 Å². The molecule has 8 aromatic heterocycles. The third-order valence-electron chi connectivity index (χ3n) is 19.8. The molecule has 21 rings (SSSR count). The summed E-state index contributed by atoms with van der Waals surface area (Å²) in [5, 5.41) is 75.2. The highest BCUT2D eigenvalue weighted by Gasteiger charge is 2.40. The Hall–Kier alpha value is -15.3. The summed E-state index contributed by atoms with van der Waals surface area (Å²) in [6.07, 6.45) is 11.0. The first-order valence-corrected chi connectivity index (χ1v) is 34.2. The van der Waals surface area contributed by atoms with Gasteiger partial charge in [0, 0.05) is 93.5 Å². The minimum absolute atomic E-state index is 0.160. The maximum atomic E-state index is 13.4. The third kappa shape index (κ3) is 10.1. The van der Waals surface area contributed by atoms with E-state index in [9.17, 15) is 30.0 Å². The number of para-hydroxylation sites is 8. The topological polar surface area (TPSA) is 267 Å². The number of aromatic nitrogens is 9. The number of benzene rings is 10. The molecule has 0 radical (unpaired) electrons. The number of nitrogens with one attached hydrogen (secondary N) is 2. The van der Waals surface area contributed by atoms with Crippen LogP contribution in [0.4, 0.5) is 11.4 Å². The number of imidazole rings is 2. The number of H-pyrrole nitrogens is 1. The molecule has 9 heterocycles. The molecule has 0 unspecified atom stereocenters. The van der Waals surface area contributed by atoms with Gasteiger partial charge in [-0.15, -0.1) is 0 Å². The monoisotopic (exact) mass is 1400 g/mol. The van der Waals surface area contributed by atoms with Gasteiger partial charge in [0.2, 0.25) is 11.8 Å². The van der Waals surface area contributed by atoms with Crippen LogP contribution in [0.25, 0.3) is 76.5 Å². The number of nitrogens with zero attached hydrogens (tertiary/aromatic N) is 14. The minimum atomic E-state index is -0.446. The van der Waals surface area contributed by atoms with Crippen LogP contribution in [-0.4, -0.2) is 112 Å². The van der Waals surface area contributed by atoms with E-state index >= 15 is 0 Å². The van der Waals surface area contributed by atoms with Gasteiger partial charge in [0.15, 0.2) is 0 Å². The Balaban J connectivity index is 0.000000110. The normalized spacial score (nSPS) is 14.4. The molecule has 1 aliphatic heterocycles. The van der Waals surface area contributed by atoms with Gasteiger partial charge in [-0.1, -0.05) is 170 Å². The molecule has 23 nitrogen and oxygen atoms in total. The van der Waals surface area contributed by atoms with Gasteiger partial charge in [0.25, 0.3) is 23.7 Å². The third-order valence-corrected chi connectivity index (χ3v) is 19.8. The molecule has 0 saturated heterocycles. The number of rotatable bonds is 8. The van der Waals surface area contributed by atoms with E-state index in [1.54, 1.807) is 31.4 Å². The van der Waals surface area contributed by atoms with Crippen LogP contribution in [0.2, 0.25) is 0 Å². The first-order chi connectivity index (χ1) is 52.4. The summed E-state index contributed by atoms with van der Waals surface area (Å²) in [4.78, 5) is 38.2. The highest BCUT2D eigenvalue weighted by Crippen LogP contribution is 2.46. The SMILES string of the molecule is CN(c1c2c(c(N(C)n3ccc4ccccc43)c3ccccc13)C(=O)NC2=O)n1ccc2ccccc21.Oc1[nH]c(O)c2c1C(=Nn1ccc3ccccc31)c1ccccc1C2=Nn1ccc2ccccc21.Oc1oc(O)c2c1C(=Nn1cnc3ccccc31)c1ccccc1C2=Nn1cnc2ccccc21. The fourth-order valence-electron chi connectivity index (χ4n) is 14.9. The van der Waals surface area contributed by atoms with Crippen molar-refractivity contribution in [1.82, 2.24) is 48.3 Å². The number of aromatic amines is 1. The van der Waals surface area contributed by atoms with Crippen LogP contribution in [0.3, 0.4) is 0 Å². The summed E-state index contributed by atoms with van der Waals surface area (Å²) in [5.41, 5.74) is 15.5. The molecule has 10 aromatic carbocycles. The number of hydrogen-bond donors (Lipinski definition) is 6. The molecule has 2 amide bonds. The number of anilines is 2. The molecule has 0 saturated carbocycles. The van der Waals surface area contributed by atoms with Gasteiger partial charge in [-0.3, -0.25) is 39.3 Å². The van der Waals surface area contributed by atoms with Gasteiger partial charge in [0.1, 0.15) is 46.6 Å². The molecule has 2 aliphatic carbocycles. The highest BCUT2D eigenvalue weighted by molar-refractivity contribution is 6.35. The number of fused-ring (bicyclic) bond motifs is 12. The van der Waals surface area contributed by atoms with Crippen molar-refractivity contribution >= 4 is 122 Å². The predicted octanol–water partition coefficient (Wildman–Crippen LogP) is 15.0. The van der Waals surface area contributed by atoms with E-state index in [-0.39, 0.29) is 22.9 Å². The lowest BCUT2D eigenvalue weighted by Gasteiger charge is -2.30. The Morgan fingerprint density at radius 1 is 0.346 bits per heavy atom. The number of aromatic hydroxyl groups is 4. The Morgan fingerprint density at radius 3 is 1.07 bits per heavy atom. The summed E-state index contributed by atoms with van der Waals surface area (Å²) >= 11 is 0. The first kappa shape index (κ1) is 62.7. The van der Waals surface area contributed by atoms with Gasteiger partial charge in [0.05, 0.1) is 77.8 Å². The fraction of sp³-hybridized carbons (Fsp3) is 0.0238. The van der Waals surface area contributed by atoms with E-state index in [1.807, 2.05) is 289 Å². The lowest BCUT2D eigenvalue weighted by Crippen LogP contribution is -2.28. The summed E-state index contributed by atoms with van der Waals surface area (Å²) in [6, 6.07) is 78.7. The second-order valence-electron chi connectivity index (χ2n) is 25.8. The van der Waals surface area contributed by atoms with Gasteiger partial charge >= 0.3 is 0 Å². The zero-order chi connectivity index (χ0) is 72.3. The number of carbonyl (C=O) groups is 2. The summed E-state index contributed by atoms with van der Waals surface area (Å²) in [7, 11) is 3.85. The Bertz CT molecular complexity index is 6190. The average molecular weight is 1400 g/mol. The summed E-state index contributed by atoms with van der Waals surface area (Å²) < 4.78 is 16.1. The van der Waals surface area contributed by atoms with Crippen LogP contribution in [-0.2, 0) is 0 Å². The number of imide groups is 1. The molecular weight excluding hydrogens is 1350 g/mol. The van der Waals surface area contributed by atoms with Crippen LogP contribution in [0.5, 0.6) is 23.7 Å². The molecule has 18 aromatic rings. The lowest BCUT2D eigenvalue weighted by molar-refractivity contribution is 0.0879. The molecular formula is C84H58N16O7. The highest BCUT2D eigenvalue weighted by atomic mass is 16.5. The van der Waals surface area contributed by atoms with Crippen molar-refractivity contribution in [2.75, 3.05) is 24.1 Å². The molecule has 3 aliphatic rings. The van der Waals surface area contributed by atoms with Crippen LogP contribution < -0.4 is 15.3 Å². The fourth-order valence-corrected chi connectivity index (χ4v) is 14.9. The molecule has 23 heteroatoms. The van der Waals surface area contributed by atoms with E-state index in [4.69, 9.17) is 24.8 Å². The van der Waals surface area contributed by atoms with Crippen molar-refractivity contribution in [3.63, 3.8) is 0 Å². The van der Waals surface area contributed by atoms with E-state index in [2.05, 4.69) is 32.4 Å². The molecule has 516 valence electrons. The zero-order valence-electron chi connectivity index (χ0n) is 56.8. The second-order valence-corrected chi connectivity index (χ2v) is 25.8. The molecule has 107 heavy (non-hydrogen) atoms. The molecule has 0 spiro atoms. The summed E-state index contributed by atoms with van der Waals surface area (Å²) in [6.45, 7) is 0. The molecule has 0 fully saturated rings. The zero-order valence-corrected chi connectivity index (χ0v) is 56.8. The Labute approximate surface area is 606 Å². The molecule has 0 bridgehead atoms. The standard InChI is InChI=1S/C30H23N5O2.C28H19N5O2.C26H16N6O3/c1-32(34-17-15-19-9-3-7-13-23(19)34)27-21-11-5-6-12-22(21)28(26-25(27)29(36)31-30(26)37)33(2)35-18-16-20-10-4-8-14-24(20)35;34-27-23-24(28(35)29-27)26(31-33-16-14-18-8-2-6-12-22(18)33)20-10-4-3-9-19(20)25(23)30-32-15-13-17-7-1-5-11-21(17)32;33-25-21-22(26(34)35-25)24(30-32-14-28-18-10-4-6-12-20(18)32)16-8-2-1-7-15(16)23(21)29-31-13-27-17-9-3-5-11-19(17)31/h3-18H,1-2H3,(H,31,36,37);1-16,29,34-35H;1-14,33-34H. The van der Waals surface area contributed by atoms with Gasteiger partial charge in [-0.05, 0) is 72.8 Å². The Kier molecular flexibility index (Phi) is 14.5. The van der Waals surface area contributed by atoms with Crippen molar-refractivity contribution in [2.45, 2.75) is 0 Å². The molecule has 6 N–H and O–H groups in total. The number of amides is 2. The lowest BCUT2D eigenvalue weighted by atomic mass is 9.85. The first-order valence-electron chi connectivity index (χ1n) is 34.2. The van der Waals surface area contributed by atoms with Crippen LogP contribution in [0.1, 0.15) is 65.2 Å². The van der Waals surface area contributed by atoms with Crippen LogP contribution in [0, 0.1) is 0 Å². The number of carbonyl (C=O) groups excluding carboxylic acids is 2. The number of hydrogen-bond acceptors (Lipinski definition) is 15. The van der Waals surface area contributed by atoms with E-state index in [0.29, 0.717) is 56.5 Å². The van der Waals surface area contributed by atoms with E-state index in [1.165, 1.54) is 0 Å². The molecule has 0 atom stereocenters. The maximum Gasteiger partial charge on any atom is 0.295 e. The van der Waals surface area contributed by atoms with Crippen molar-refractivity contribution < 1.29 is 34.4 Å². The summed E-state index contributed by atoms with van der Waals surface area (Å²) in [5.74, 6) is -2.00. The van der Waals surface area contributed by atoms with Gasteiger partial charge < -0.3 is 24.8 Å². The smallest absolute Gasteiger partial charge is 0.295 e. The maximum absolute atomic E-state index is 13.4. The average Bonchev–Trinajstić information content (AvgIpc) is 1.65. The predicted molar refractivity (Wildman–Crippen MR) is 414 cm³/mol. The quantitative estimate of drug-likeness (QED) is 0.0615. The van der Waals surface area contributed by atoms with Crippen LogP contribution >= 0.6 is 0 Å². The van der Waals surface area contributed by atoms with Crippen molar-refractivity contribution in [3.05, 3.63) is 336 Å². The van der Waals surface area contributed by atoms with E-state index in [0.717, 1.165) is 98.7 Å². The Morgan fingerprint density at radius 2 is 0.664 bits per heavy atom. The largest absolute Gasteiger partial charge is 0.494 e. The van der Waals surface area contributed by atoms with E-state index < -0.39 is 23.7 Å². The number of furan rings is 1. The van der Waals surface area contributed by atoms with Gasteiger partial charge in [-0.25, -0.2) is 28.7 Å². The second kappa shape index (κ2) is 24.8.